The Balaban J connectivity index is 3.10. The van der Waals surface area contributed by atoms with E-state index in [1.807, 2.05) is 0 Å². The Hall–Kier alpha value is -1.51. The van der Waals surface area contributed by atoms with Gasteiger partial charge in [0.15, 0.2) is 5.69 Å². The van der Waals surface area contributed by atoms with E-state index in [0.29, 0.717) is 0 Å². The smallest absolute Gasteiger partial charge is 0.258 e. The van der Waals surface area contributed by atoms with E-state index in [1.54, 1.807) is 13.0 Å². The van der Waals surface area contributed by atoms with Gasteiger partial charge in [0.1, 0.15) is 6.54 Å². The van der Waals surface area contributed by atoms with E-state index in [2.05, 4.69) is 5.10 Å². The third-order valence-electron chi connectivity index (χ3n) is 1.72. The second-order valence-corrected chi connectivity index (χ2v) is 2.71. The monoisotopic (exact) mass is 203 g/mol. The first-order valence-corrected chi connectivity index (χ1v) is 3.99. The first-order valence-electron chi connectivity index (χ1n) is 3.99. The summed E-state index contributed by atoms with van der Waals surface area (Å²) in [5.74, 6) is 0. The van der Waals surface area contributed by atoms with Gasteiger partial charge in [-0.2, -0.15) is 23.5 Å². The number of halogens is 3. The molecule has 0 aliphatic rings. The Morgan fingerprint density at radius 3 is 2.57 bits per heavy atom. The highest BCUT2D eigenvalue weighted by Gasteiger charge is 2.36. The number of alkyl halides is 3. The van der Waals surface area contributed by atoms with Gasteiger partial charge < -0.3 is 0 Å². The number of aromatic nitrogens is 2. The van der Waals surface area contributed by atoms with Gasteiger partial charge in [-0.25, -0.2) is 0 Å². The second-order valence-electron chi connectivity index (χ2n) is 2.71. The molecule has 0 saturated carbocycles. The van der Waals surface area contributed by atoms with Crippen molar-refractivity contribution < 1.29 is 13.2 Å². The number of hydrogen-bond acceptors (Lipinski definition) is 2. The molecule has 0 bridgehead atoms. The maximum Gasteiger partial charge on any atom is 0.435 e. The number of hydrogen-bond donors (Lipinski definition) is 0. The van der Waals surface area contributed by atoms with E-state index in [9.17, 15) is 13.2 Å². The minimum Gasteiger partial charge on any atom is -0.258 e. The average molecular weight is 203 g/mol. The zero-order valence-electron chi connectivity index (χ0n) is 7.47. The first-order chi connectivity index (χ1) is 6.49. The fourth-order valence-corrected chi connectivity index (χ4v) is 1.11. The van der Waals surface area contributed by atoms with Crippen LogP contribution in [0.2, 0.25) is 0 Å². The summed E-state index contributed by atoms with van der Waals surface area (Å²) in [4.78, 5) is 0. The topological polar surface area (TPSA) is 41.6 Å². The van der Waals surface area contributed by atoms with E-state index in [4.69, 9.17) is 5.26 Å². The predicted molar refractivity (Wildman–Crippen MR) is 42.2 cm³/mol. The van der Waals surface area contributed by atoms with Crippen LogP contribution >= 0.6 is 0 Å². The van der Waals surface area contributed by atoms with E-state index < -0.39 is 11.9 Å². The summed E-state index contributed by atoms with van der Waals surface area (Å²) in [7, 11) is 0. The van der Waals surface area contributed by atoms with Crippen molar-refractivity contribution >= 4 is 0 Å². The molecule has 76 valence electrons. The largest absolute Gasteiger partial charge is 0.435 e. The molecule has 0 amide bonds. The fraction of sp³-hybridized carbons (Fsp3) is 0.500. The Kier molecular flexibility index (Phi) is 2.79. The van der Waals surface area contributed by atoms with E-state index >= 15 is 0 Å². The summed E-state index contributed by atoms with van der Waals surface area (Å²) in [6.07, 6.45) is -2.93. The van der Waals surface area contributed by atoms with Crippen molar-refractivity contribution in [2.45, 2.75) is 26.1 Å². The lowest BCUT2D eigenvalue weighted by molar-refractivity contribution is -0.142. The molecule has 0 radical (unpaired) electrons. The molecule has 0 spiro atoms. The van der Waals surface area contributed by atoms with Crippen molar-refractivity contribution in [3.05, 3.63) is 17.5 Å². The molecule has 0 fully saturated rings. The molecule has 0 saturated heterocycles. The van der Waals surface area contributed by atoms with Crippen LogP contribution in [0.25, 0.3) is 0 Å². The fourth-order valence-electron chi connectivity index (χ4n) is 1.11. The highest BCUT2D eigenvalue weighted by molar-refractivity contribution is 5.20. The normalized spacial score (nSPS) is 11.4. The van der Waals surface area contributed by atoms with Crippen LogP contribution in [0.1, 0.15) is 18.2 Å². The summed E-state index contributed by atoms with van der Waals surface area (Å²) >= 11 is 0. The van der Waals surface area contributed by atoms with Gasteiger partial charge >= 0.3 is 6.18 Å². The molecule has 0 aliphatic heterocycles. The zero-order valence-corrected chi connectivity index (χ0v) is 7.47. The van der Waals surface area contributed by atoms with Gasteiger partial charge in [-0.15, -0.1) is 0 Å². The van der Waals surface area contributed by atoms with Gasteiger partial charge in [0, 0.05) is 11.8 Å². The van der Waals surface area contributed by atoms with Crippen molar-refractivity contribution in [1.29, 1.82) is 5.26 Å². The number of aryl methyl sites for hydroxylation is 1. The average Bonchev–Trinajstić information content (AvgIpc) is 2.47. The summed E-state index contributed by atoms with van der Waals surface area (Å²) in [5, 5.41) is 11.6. The molecule has 0 N–H and O–H groups in total. The predicted octanol–water partition coefficient (Wildman–Crippen LogP) is 1.99. The number of nitrogens with zero attached hydrogens (tertiary/aromatic N) is 3. The summed E-state index contributed by atoms with van der Waals surface area (Å²) in [6.45, 7) is 1.45. The van der Waals surface area contributed by atoms with Crippen LogP contribution in [0, 0.1) is 11.3 Å². The minimum atomic E-state index is -4.44. The molecular formula is C8H8F3N3. The number of nitriles is 1. The standard InChI is InChI=1S/C8H8F3N3/c1-2-6-5-14(4-3-12)13-7(6)8(9,10)11/h5H,2,4H2,1H3. The highest BCUT2D eigenvalue weighted by Crippen LogP contribution is 2.30. The summed E-state index contributed by atoms with van der Waals surface area (Å²) in [5.41, 5.74) is -0.775. The zero-order chi connectivity index (χ0) is 10.8. The van der Waals surface area contributed by atoms with Crippen molar-refractivity contribution in [2.24, 2.45) is 0 Å². The molecule has 0 atom stereocenters. The van der Waals surface area contributed by atoms with E-state index in [-0.39, 0.29) is 18.5 Å². The molecule has 3 nitrogen and oxygen atoms in total. The highest BCUT2D eigenvalue weighted by atomic mass is 19.4. The third kappa shape index (κ3) is 2.05. The van der Waals surface area contributed by atoms with Crippen LogP contribution in [0.15, 0.2) is 6.20 Å². The van der Waals surface area contributed by atoms with Crippen molar-refractivity contribution in [3.63, 3.8) is 0 Å². The number of rotatable bonds is 2. The Bertz CT molecular complexity index is 359. The molecule has 0 unspecified atom stereocenters. The van der Waals surface area contributed by atoms with Crippen LogP contribution in [-0.4, -0.2) is 9.78 Å². The van der Waals surface area contributed by atoms with E-state index in [1.165, 1.54) is 6.20 Å². The maximum absolute atomic E-state index is 12.3. The van der Waals surface area contributed by atoms with Crippen molar-refractivity contribution in [3.8, 4) is 6.07 Å². The van der Waals surface area contributed by atoms with Crippen LogP contribution in [0.4, 0.5) is 13.2 Å². The molecule has 1 heterocycles. The van der Waals surface area contributed by atoms with Crippen LogP contribution < -0.4 is 0 Å². The lowest BCUT2D eigenvalue weighted by Crippen LogP contribution is -2.09. The summed E-state index contributed by atoms with van der Waals surface area (Å²) < 4.78 is 38.0. The van der Waals surface area contributed by atoms with Crippen LogP contribution in [0.5, 0.6) is 0 Å². The Morgan fingerprint density at radius 1 is 1.57 bits per heavy atom. The van der Waals surface area contributed by atoms with Crippen LogP contribution in [-0.2, 0) is 19.1 Å². The first kappa shape index (κ1) is 10.6. The molecule has 6 heteroatoms. The maximum atomic E-state index is 12.3. The molecule has 0 aliphatic carbocycles. The van der Waals surface area contributed by atoms with Gasteiger partial charge in [0.25, 0.3) is 0 Å². The molecule has 0 aromatic carbocycles. The Labute approximate surface area is 78.8 Å². The van der Waals surface area contributed by atoms with Gasteiger partial charge in [-0.3, -0.25) is 4.68 Å². The molecule has 1 rings (SSSR count). The quantitative estimate of drug-likeness (QED) is 0.737. The molecule has 1 aromatic heterocycles. The lowest BCUT2D eigenvalue weighted by Gasteiger charge is -2.03. The lowest BCUT2D eigenvalue weighted by atomic mass is 10.2. The van der Waals surface area contributed by atoms with Crippen LogP contribution in [0.3, 0.4) is 0 Å². The third-order valence-corrected chi connectivity index (χ3v) is 1.72. The van der Waals surface area contributed by atoms with Gasteiger partial charge in [0.2, 0.25) is 0 Å². The van der Waals surface area contributed by atoms with Crippen molar-refractivity contribution in [2.75, 3.05) is 0 Å². The molecule has 1 aromatic rings. The van der Waals surface area contributed by atoms with Gasteiger partial charge in [0.05, 0.1) is 6.07 Å². The Morgan fingerprint density at radius 2 is 2.21 bits per heavy atom. The van der Waals surface area contributed by atoms with Crippen molar-refractivity contribution in [1.82, 2.24) is 9.78 Å². The van der Waals surface area contributed by atoms with E-state index in [0.717, 1.165) is 4.68 Å². The second kappa shape index (κ2) is 3.70. The molecular weight excluding hydrogens is 195 g/mol. The summed E-state index contributed by atoms with van der Waals surface area (Å²) in [6, 6.07) is 1.73. The molecule has 14 heavy (non-hydrogen) atoms. The SMILES string of the molecule is CCc1cn(CC#N)nc1C(F)(F)F. The van der Waals surface area contributed by atoms with Gasteiger partial charge in [-0.05, 0) is 6.42 Å². The minimum absolute atomic E-state index is 0.118. The van der Waals surface area contributed by atoms with Gasteiger partial charge in [-0.1, -0.05) is 6.92 Å².